The van der Waals surface area contributed by atoms with Crippen LogP contribution >= 0.6 is 0 Å². The van der Waals surface area contributed by atoms with Crippen LogP contribution in [0, 0.1) is 0 Å². The van der Waals surface area contributed by atoms with Crippen LogP contribution < -0.4 is 20.1 Å². The molecule has 0 bridgehead atoms. The van der Waals surface area contributed by atoms with Crippen LogP contribution in [0.25, 0.3) is 0 Å². The van der Waals surface area contributed by atoms with Gasteiger partial charge < -0.3 is 24.8 Å². The molecule has 3 aromatic rings. The minimum absolute atomic E-state index is 0.0660. The van der Waals surface area contributed by atoms with Crippen molar-refractivity contribution in [3.63, 3.8) is 0 Å². The van der Waals surface area contributed by atoms with Crippen LogP contribution in [0.2, 0.25) is 0 Å². The smallest absolute Gasteiger partial charge is 0.418 e. The summed E-state index contributed by atoms with van der Waals surface area (Å²) in [5.74, 6) is -0.440. The van der Waals surface area contributed by atoms with Crippen molar-refractivity contribution >= 4 is 29.2 Å². The number of carbonyl (C=O) groups is 3. The minimum Gasteiger partial charge on any atom is -0.495 e. The van der Waals surface area contributed by atoms with Gasteiger partial charge in [-0.1, -0.05) is 18.2 Å². The largest absolute Gasteiger partial charge is 0.495 e. The van der Waals surface area contributed by atoms with E-state index in [1.54, 1.807) is 6.07 Å². The Morgan fingerprint density at radius 2 is 1.67 bits per heavy atom. The van der Waals surface area contributed by atoms with Gasteiger partial charge in [-0.2, -0.15) is 17.6 Å². The number of methoxy groups -OCH3 is 2. The molecule has 2 atom stereocenters. The number of amides is 2. The standard InChI is InChI=1S/C30H29F4N3O6/c1-41-26-17-18(9-14-23(26)36-29(40)35-22-7-4-3-6-21(22)30(32,33)34)16-25(38)24-8-5-15-37(24)28(31)43-20-12-10-19(11-13-20)27(39)42-2/h3-4,6-7,9-14,17,24,28H,5,8,15-16H2,1-2H3,(H2,35,36,40)/t24-,28-/m0/s1. The number of halogens is 4. The highest BCUT2D eigenvalue weighted by molar-refractivity contribution is 6.01. The number of hydrogen-bond donors (Lipinski definition) is 2. The molecule has 3 aromatic carbocycles. The van der Waals surface area contributed by atoms with Gasteiger partial charge in [-0.3, -0.25) is 4.79 Å². The first-order chi connectivity index (χ1) is 20.5. The topological polar surface area (TPSA) is 106 Å². The molecule has 0 spiro atoms. The van der Waals surface area contributed by atoms with Crippen LogP contribution in [-0.2, 0) is 22.1 Å². The first-order valence-electron chi connectivity index (χ1n) is 13.2. The fourth-order valence-electron chi connectivity index (χ4n) is 4.73. The van der Waals surface area contributed by atoms with Crippen molar-refractivity contribution in [2.75, 3.05) is 31.4 Å². The number of alkyl halides is 4. The average Bonchev–Trinajstić information content (AvgIpc) is 3.48. The van der Waals surface area contributed by atoms with Gasteiger partial charge in [-0.15, -0.1) is 0 Å². The van der Waals surface area contributed by atoms with E-state index in [0.29, 0.717) is 24.9 Å². The molecule has 0 unspecified atom stereocenters. The Balaban J connectivity index is 1.38. The van der Waals surface area contributed by atoms with Crippen LogP contribution in [0.3, 0.4) is 0 Å². The maximum Gasteiger partial charge on any atom is 0.418 e. The summed E-state index contributed by atoms with van der Waals surface area (Å²) >= 11 is 0. The Kier molecular flexibility index (Phi) is 9.86. The van der Waals surface area contributed by atoms with Gasteiger partial charge in [0.05, 0.1) is 42.8 Å². The maximum atomic E-state index is 15.1. The van der Waals surface area contributed by atoms with Crippen molar-refractivity contribution in [1.82, 2.24) is 4.90 Å². The van der Waals surface area contributed by atoms with Gasteiger partial charge in [0.15, 0.2) is 5.78 Å². The van der Waals surface area contributed by atoms with Crippen LogP contribution in [0.1, 0.15) is 34.3 Å². The maximum absolute atomic E-state index is 15.1. The summed E-state index contributed by atoms with van der Waals surface area (Å²) in [5.41, 5.74) is -0.438. The van der Waals surface area contributed by atoms with E-state index in [1.807, 2.05) is 0 Å². The number of esters is 1. The molecule has 1 fully saturated rings. The highest BCUT2D eigenvalue weighted by Gasteiger charge is 2.37. The molecular formula is C30H29F4N3O6. The number of carbonyl (C=O) groups excluding carboxylic acids is 3. The monoisotopic (exact) mass is 603 g/mol. The molecule has 228 valence electrons. The second-order valence-electron chi connectivity index (χ2n) is 9.62. The predicted octanol–water partition coefficient (Wildman–Crippen LogP) is 6.05. The molecule has 43 heavy (non-hydrogen) atoms. The zero-order chi connectivity index (χ0) is 31.1. The number of likely N-dealkylation sites (tertiary alicyclic amines) is 1. The number of para-hydroxylation sites is 1. The van der Waals surface area contributed by atoms with Crippen LogP contribution in [0.4, 0.5) is 33.7 Å². The molecule has 9 nitrogen and oxygen atoms in total. The quantitative estimate of drug-likeness (QED) is 0.165. The number of nitrogens with one attached hydrogen (secondary N) is 2. The van der Waals surface area contributed by atoms with Gasteiger partial charge >= 0.3 is 18.2 Å². The third-order valence-corrected chi connectivity index (χ3v) is 6.81. The molecule has 1 aliphatic heterocycles. The summed E-state index contributed by atoms with van der Waals surface area (Å²) in [6, 6.07) is 13.2. The van der Waals surface area contributed by atoms with E-state index in [4.69, 9.17) is 9.47 Å². The second kappa shape index (κ2) is 13.6. The van der Waals surface area contributed by atoms with Crippen molar-refractivity contribution in [3.8, 4) is 11.5 Å². The number of anilines is 2. The Morgan fingerprint density at radius 3 is 2.35 bits per heavy atom. The molecule has 2 amide bonds. The number of Topliss-reactive ketones (excluding diaryl/α,β-unsaturated/α-hetero) is 1. The molecule has 13 heteroatoms. The lowest BCUT2D eigenvalue weighted by Gasteiger charge is -2.27. The van der Waals surface area contributed by atoms with Gasteiger partial charge in [-0.05, 0) is 66.9 Å². The average molecular weight is 604 g/mol. The van der Waals surface area contributed by atoms with Gasteiger partial charge in [0.1, 0.15) is 11.5 Å². The molecule has 4 rings (SSSR count). The summed E-state index contributed by atoms with van der Waals surface area (Å²) < 4.78 is 70.3. The lowest BCUT2D eigenvalue weighted by atomic mass is 10.0. The third-order valence-electron chi connectivity index (χ3n) is 6.81. The fraction of sp³-hybridized carbons (Fsp3) is 0.300. The third kappa shape index (κ3) is 7.80. The highest BCUT2D eigenvalue weighted by Crippen LogP contribution is 2.35. The summed E-state index contributed by atoms with van der Waals surface area (Å²) in [6.45, 7) is -1.60. The molecule has 0 aromatic heterocycles. The van der Waals surface area contributed by atoms with E-state index in [9.17, 15) is 27.6 Å². The summed E-state index contributed by atoms with van der Waals surface area (Å²) in [7, 11) is 2.59. The SMILES string of the molecule is COC(=O)c1ccc(O[C@@H](F)N2CCC[C@H]2C(=O)Cc2ccc(NC(=O)Nc3ccccc3C(F)(F)F)c(OC)c2)cc1. The van der Waals surface area contributed by atoms with E-state index in [-0.39, 0.29) is 35.0 Å². The number of hydrogen-bond acceptors (Lipinski definition) is 7. The van der Waals surface area contributed by atoms with E-state index in [2.05, 4.69) is 15.4 Å². The number of benzene rings is 3. The Hall–Kier alpha value is -4.65. The first kappa shape index (κ1) is 31.3. The molecule has 0 radical (unpaired) electrons. The van der Waals surface area contributed by atoms with Gasteiger partial charge in [-0.25, -0.2) is 14.5 Å². The molecule has 1 heterocycles. The number of rotatable bonds is 10. The van der Waals surface area contributed by atoms with Crippen molar-refractivity contribution in [3.05, 3.63) is 83.4 Å². The zero-order valence-electron chi connectivity index (χ0n) is 23.2. The van der Waals surface area contributed by atoms with E-state index >= 15 is 4.39 Å². The molecular weight excluding hydrogens is 574 g/mol. The summed E-state index contributed by atoms with van der Waals surface area (Å²) in [4.78, 5) is 38.6. The fourth-order valence-corrected chi connectivity index (χ4v) is 4.73. The van der Waals surface area contributed by atoms with Crippen molar-refractivity contribution in [1.29, 1.82) is 0 Å². The van der Waals surface area contributed by atoms with E-state index in [1.165, 1.54) is 67.7 Å². The normalized spacial score (nSPS) is 15.8. The van der Waals surface area contributed by atoms with Crippen LogP contribution in [0.15, 0.2) is 66.7 Å². The Labute approximate surface area is 244 Å². The molecule has 0 aliphatic carbocycles. The Bertz CT molecular complexity index is 1460. The predicted molar refractivity (Wildman–Crippen MR) is 149 cm³/mol. The Morgan fingerprint density at radius 1 is 0.977 bits per heavy atom. The zero-order valence-corrected chi connectivity index (χ0v) is 23.2. The molecule has 0 saturated carbocycles. The van der Waals surface area contributed by atoms with Crippen molar-refractivity contribution in [2.24, 2.45) is 0 Å². The van der Waals surface area contributed by atoms with E-state index < -0.39 is 42.0 Å². The molecule has 2 N–H and O–H groups in total. The second-order valence-corrected chi connectivity index (χ2v) is 9.62. The molecule has 1 aliphatic rings. The van der Waals surface area contributed by atoms with Gasteiger partial charge in [0.25, 0.3) is 6.48 Å². The van der Waals surface area contributed by atoms with Crippen LogP contribution in [0.5, 0.6) is 11.5 Å². The lowest BCUT2D eigenvalue weighted by molar-refractivity contribution is -0.137. The van der Waals surface area contributed by atoms with Crippen LogP contribution in [-0.4, -0.2) is 56.0 Å². The van der Waals surface area contributed by atoms with Gasteiger partial charge in [0, 0.05) is 13.0 Å². The highest BCUT2D eigenvalue weighted by atomic mass is 19.4. The number of ether oxygens (including phenoxy) is 3. The van der Waals surface area contributed by atoms with Crippen molar-refractivity contribution in [2.45, 2.75) is 38.0 Å². The van der Waals surface area contributed by atoms with Crippen molar-refractivity contribution < 1.29 is 46.2 Å². The van der Waals surface area contributed by atoms with Gasteiger partial charge in [0.2, 0.25) is 0 Å². The molecule has 1 saturated heterocycles. The summed E-state index contributed by atoms with van der Waals surface area (Å²) in [6.07, 6.45) is -3.71. The summed E-state index contributed by atoms with van der Waals surface area (Å²) in [5, 5.41) is 4.65. The number of ketones is 1. The lowest BCUT2D eigenvalue weighted by Crippen LogP contribution is -2.44. The van der Waals surface area contributed by atoms with E-state index in [0.717, 1.165) is 12.1 Å². The minimum atomic E-state index is -4.66. The number of nitrogens with zero attached hydrogens (tertiary/aromatic N) is 1. The number of urea groups is 1. The first-order valence-corrected chi connectivity index (χ1v) is 13.2.